The molecule has 0 saturated carbocycles. The van der Waals surface area contributed by atoms with Gasteiger partial charge in [-0.3, -0.25) is 0 Å². The van der Waals surface area contributed by atoms with Crippen molar-refractivity contribution in [2.75, 3.05) is 0 Å². The summed E-state index contributed by atoms with van der Waals surface area (Å²) in [5.74, 6) is 1.03. The molecule has 0 fully saturated rings. The Hall–Kier alpha value is -6.77. The van der Waals surface area contributed by atoms with Crippen LogP contribution in [0.4, 0.5) is 0 Å². The van der Waals surface area contributed by atoms with Gasteiger partial charge in [0.1, 0.15) is 5.82 Å². The van der Waals surface area contributed by atoms with Gasteiger partial charge in [-0.05, 0) is 113 Å². The molecular formula is C53H36N2. The fourth-order valence-electron chi connectivity index (χ4n) is 10.4. The lowest BCUT2D eigenvalue weighted by Crippen LogP contribution is -2.26. The quantitative estimate of drug-likeness (QED) is 0.167. The zero-order valence-corrected chi connectivity index (χ0v) is 30.6. The molecule has 258 valence electrons. The number of hydrogen-bond donors (Lipinski definition) is 0. The Morgan fingerprint density at radius 3 is 1.67 bits per heavy atom. The summed E-state index contributed by atoms with van der Waals surface area (Å²) in [6.07, 6.45) is 1.05. The third kappa shape index (κ3) is 3.96. The molecule has 2 aliphatic carbocycles. The van der Waals surface area contributed by atoms with E-state index < -0.39 is 5.41 Å². The van der Waals surface area contributed by atoms with E-state index in [1.807, 2.05) is 0 Å². The van der Waals surface area contributed by atoms with Crippen LogP contribution in [-0.4, -0.2) is 9.55 Å². The first kappa shape index (κ1) is 30.7. The molecule has 1 spiro atoms. The summed E-state index contributed by atoms with van der Waals surface area (Å²) in [6, 6.07) is 65.8. The zero-order valence-electron chi connectivity index (χ0n) is 30.6. The highest BCUT2D eigenvalue weighted by atomic mass is 15.1. The van der Waals surface area contributed by atoms with E-state index in [-0.39, 0.29) is 0 Å². The lowest BCUT2D eigenvalue weighted by Gasteiger charge is -2.32. The molecule has 0 amide bonds. The Morgan fingerprint density at radius 1 is 0.455 bits per heavy atom. The molecule has 0 radical (unpaired) electrons. The maximum atomic E-state index is 5.13. The van der Waals surface area contributed by atoms with Crippen molar-refractivity contribution in [3.05, 3.63) is 198 Å². The van der Waals surface area contributed by atoms with Crippen molar-refractivity contribution in [1.29, 1.82) is 0 Å². The molecule has 55 heavy (non-hydrogen) atoms. The molecule has 0 N–H and O–H groups in total. The van der Waals surface area contributed by atoms with Crippen LogP contribution in [0.25, 0.3) is 88.1 Å². The summed E-state index contributed by atoms with van der Waals surface area (Å²) in [6.45, 7) is 3.17. The van der Waals surface area contributed by atoms with Gasteiger partial charge in [-0.25, -0.2) is 4.98 Å². The smallest absolute Gasteiger partial charge is 0.141 e. The number of fused-ring (bicyclic) bond motifs is 18. The topological polar surface area (TPSA) is 17.8 Å². The predicted octanol–water partition coefficient (Wildman–Crippen LogP) is 13.6. The minimum Gasteiger partial charge on any atom is -0.324 e. The number of rotatable bonds is 4. The number of aryl methyl sites for hydroxylation is 1. The minimum atomic E-state index is -0.495. The van der Waals surface area contributed by atoms with Crippen molar-refractivity contribution in [3.63, 3.8) is 0 Å². The van der Waals surface area contributed by atoms with E-state index >= 15 is 0 Å². The van der Waals surface area contributed by atoms with Gasteiger partial charge in [0.2, 0.25) is 0 Å². The number of nitrogens with zero attached hydrogens (tertiary/aromatic N) is 2. The predicted molar refractivity (Wildman–Crippen MR) is 230 cm³/mol. The highest BCUT2D eigenvalue weighted by Gasteiger charge is 2.53. The molecule has 0 atom stereocenters. The lowest BCUT2D eigenvalue weighted by atomic mass is 9.68. The molecule has 1 heterocycles. The summed E-state index contributed by atoms with van der Waals surface area (Å²) in [4.78, 5) is 5.13. The van der Waals surface area contributed by atoms with E-state index in [9.17, 15) is 0 Å². The first-order valence-corrected chi connectivity index (χ1v) is 19.5. The van der Waals surface area contributed by atoms with Gasteiger partial charge < -0.3 is 4.57 Å². The van der Waals surface area contributed by atoms with E-state index in [1.165, 1.54) is 93.5 Å². The first-order valence-electron chi connectivity index (χ1n) is 19.5. The van der Waals surface area contributed by atoms with Gasteiger partial charge in [-0.2, -0.15) is 0 Å². The second-order valence-electron chi connectivity index (χ2n) is 15.2. The van der Waals surface area contributed by atoms with Crippen LogP contribution in [0.1, 0.15) is 35.6 Å². The number of para-hydroxylation sites is 2. The average molecular weight is 701 g/mol. The summed E-state index contributed by atoms with van der Waals surface area (Å²) in [5, 5.41) is 7.81. The van der Waals surface area contributed by atoms with E-state index in [4.69, 9.17) is 4.98 Å². The maximum Gasteiger partial charge on any atom is 0.141 e. The second kappa shape index (κ2) is 11.4. The SMILES string of the molecule is CCCn1c(-c2ccc(-c3cc4c(c5ccccc35)-c3c(c5ccccc5c5ccccc35)C43c4ccccc4-c4ccccc43)cc2)nc2ccccc21. The molecule has 9 aromatic carbocycles. The molecule has 10 aromatic rings. The Morgan fingerprint density at radius 2 is 0.982 bits per heavy atom. The lowest BCUT2D eigenvalue weighted by molar-refractivity contribution is 0.704. The van der Waals surface area contributed by atoms with Crippen LogP contribution in [-0.2, 0) is 12.0 Å². The molecular weight excluding hydrogens is 665 g/mol. The Bertz CT molecular complexity index is 3170. The van der Waals surface area contributed by atoms with Crippen LogP contribution in [0.5, 0.6) is 0 Å². The van der Waals surface area contributed by atoms with Crippen molar-refractivity contribution in [3.8, 4) is 44.8 Å². The zero-order chi connectivity index (χ0) is 36.3. The van der Waals surface area contributed by atoms with Gasteiger partial charge in [0.05, 0.1) is 16.4 Å². The van der Waals surface area contributed by atoms with Gasteiger partial charge in [0, 0.05) is 12.1 Å². The van der Waals surface area contributed by atoms with Crippen LogP contribution in [0.2, 0.25) is 0 Å². The fourth-order valence-corrected chi connectivity index (χ4v) is 10.4. The molecule has 2 aliphatic rings. The first-order chi connectivity index (χ1) is 27.3. The van der Waals surface area contributed by atoms with Crippen LogP contribution in [0.3, 0.4) is 0 Å². The van der Waals surface area contributed by atoms with Gasteiger partial charge in [0.25, 0.3) is 0 Å². The maximum absolute atomic E-state index is 5.13. The number of aromatic nitrogens is 2. The van der Waals surface area contributed by atoms with Crippen LogP contribution >= 0.6 is 0 Å². The number of benzene rings is 9. The van der Waals surface area contributed by atoms with Crippen molar-refractivity contribution < 1.29 is 0 Å². The minimum absolute atomic E-state index is 0.495. The highest BCUT2D eigenvalue weighted by molar-refractivity contribution is 6.24. The molecule has 0 saturated heterocycles. The fraction of sp³-hybridized carbons (Fsp3) is 0.0755. The van der Waals surface area contributed by atoms with Crippen LogP contribution < -0.4 is 0 Å². The van der Waals surface area contributed by atoms with E-state index in [0.29, 0.717) is 0 Å². The number of imidazole rings is 1. The summed E-state index contributed by atoms with van der Waals surface area (Å²) in [7, 11) is 0. The molecule has 2 heteroatoms. The highest BCUT2D eigenvalue weighted by Crippen LogP contribution is 2.67. The van der Waals surface area contributed by atoms with Crippen molar-refractivity contribution >= 4 is 43.4 Å². The van der Waals surface area contributed by atoms with Crippen LogP contribution in [0.15, 0.2) is 176 Å². The monoisotopic (exact) mass is 700 g/mol. The van der Waals surface area contributed by atoms with Crippen LogP contribution in [0, 0.1) is 0 Å². The summed E-state index contributed by atoms with van der Waals surface area (Å²) >= 11 is 0. The number of hydrogen-bond acceptors (Lipinski definition) is 1. The standard InChI is InChI=1S/C53H36N2/c1-2-31-55-48-26-14-13-25-47(48)54-52(55)34-29-27-33(28-30-34)43-32-46-49(40-20-6-4-17-37(40)43)50-41-21-7-3-15-35(41)36-16-5-8-22-42(36)51(50)53(46)44-23-11-9-18-38(44)39-19-10-12-24-45(39)53/h3-30,32H,2,31H2,1H3. The van der Waals surface area contributed by atoms with Gasteiger partial charge in [-0.15, -0.1) is 0 Å². The average Bonchev–Trinajstić information content (AvgIpc) is 3.88. The van der Waals surface area contributed by atoms with E-state index in [2.05, 4.69) is 187 Å². The Balaban J connectivity index is 1.20. The van der Waals surface area contributed by atoms with Gasteiger partial charge in [0.15, 0.2) is 0 Å². The van der Waals surface area contributed by atoms with Gasteiger partial charge in [-0.1, -0.05) is 165 Å². The second-order valence-corrected chi connectivity index (χ2v) is 15.2. The Labute approximate surface area is 320 Å². The molecule has 12 rings (SSSR count). The van der Waals surface area contributed by atoms with Gasteiger partial charge >= 0.3 is 0 Å². The largest absolute Gasteiger partial charge is 0.324 e. The van der Waals surface area contributed by atoms with Crippen molar-refractivity contribution in [2.24, 2.45) is 0 Å². The summed E-state index contributed by atoms with van der Waals surface area (Å²) in [5.41, 5.74) is 16.2. The third-order valence-electron chi connectivity index (χ3n) is 12.5. The van der Waals surface area contributed by atoms with E-state index in [1.54, 1.807) is 0 Å². The molecule has 0 bridgehead atoms. The van der Waals surface area contributed by atoms with Crippen molar-refractivity contribution in [2.45, 2.75) is 25.3 Å². The molecule has 0 unspecified atom stereocenters. The van der Waals surface area contributed by atoms with E-state index in [0.717, 1.165) is 29.9 Å². The Kier molecular flexibility index (Phi) is 6.34. The molecule has 0 aliphatic heterocycles. The molecule has 1 aromatic heterocycles. The molecule has 2 nitrogen and oxygen atoms in total. The third-order valence-corrected chi connectivity index (χ3v) is 12.5. The normalized spacial score (nSPS) is 13.5. The summed E-state index contributed by atoms with van der Waals surface area (Å²) < 4.78 is 2.37. The van der Waals surface area contributed by atoms with Crippen molar-refractivity contribution in [1.82, 2.24) is 9.55 Å².